The minimum Gasteiger partial charge on any atom is -0.462 e. The Labute approximate surface area is 229 Å². The van der Waals surface area contributed by atoms with Gasteiger partial charge in [0.15, 0.2) is 0 Å². The molecule has 8 nitrogen and oxygen atoms in total. The van der Waals surface area contributed by atoms with Crippen molar-refractivity contribution in [2.45, 2.75) is 44.3 Å². The summed E-state index contributed by atoms with van der Waals surface area (Å²) >= 11 is 6.68. The smallest absolute Gasteiger partial charge is 0.318 e. The molecule has 6 rings (SSSR count). The second kappa shape index (κ2) is 10.9. The highest BCUT2D eigenvalue weighted by molar-refractivity contribution is 6.36. The summed E-state index contributed by atoms with van der Waals surface area (Å²) in [7, 11) is 2.16. The molecule has 0 aliphatic carbocycles. The summed E-state index contributed by atoms with van der Waals surface area (Å²) in [5.74, 6) is 0.963. The van der Waals surface area contributed by atoms with Gasteiger partial charge in [0, 0.05) is 54.9 Å². The van der Waals surface area contributed by atoms with Crippen molar-refractivity contribution in [1.82, 2.24) is 20.2 Å². The number of halogens is 1. The van der Waals surface area contributed by atoms with Gasteiger partial charge in [-0.05, 0) is 50.4 Å². The van der Waals surface area contributed by atoms with Crippen LogP contribution >= 0.6 is 11.6 Å². The molecule has 2 aromatic carbocycles. The van der Waals surface area contributed by atoms with E-state index in [1.54, 1.807) is 0 Å². The molecule has 0 spiro atoms. The third kappa shape index (κ3) is 4.98. The van der Waals surface area contributed by atoms with Crippen LogP contribution in [0.15, 0.2) is 36.4 Å². The molecule has 3 aliphatic heterocycles. The summed E-state index contributed by atoms with van der Waals surface area (Å²) in [5.41, 5.74) is 3.33. The molecule has 2 saturated heterocycles. The lowest BCUT2D eigenvalue weighted by molar-refractivity contribution is 0.187. The molecular weight excluding hydrogens is 498 g/mol. The van der Waals surface area contributed by atoms with Gasteiger partial charge in [-0.1, -0.05) is 35.9 Å². The Bertz CT molecular complexity index is 1350. The number of likely N-dealkylation sites (N-methyl/N-ethyl adjacent to an activating group) is 1. The van der Waals surface area contributed by atoms with Gasteiger partial charge in [-0.25, -0.2) is 0 Å². The third-order valence-electron chi connectivity index (χ3n) is 8.16. The molecule has 198 valence electrons. The number of piperazine rings is 1. The summed E-state index contributed by atoms with van der Waals surface area (Å²) in [6, 6.07) is 15.7. The molecule has 38 heavy (non-hydrogen) atoms. The number of benzene rings is 2. The van der Waals surface area contributed by atoms with E-state index in [2.05, 4.69) is 57.4 Å². The minimum absolute atomic E-state index is 0.133. The van der Waals surface area contributed by atoms with Crippen LogP contribution in [0.1, 0.15) is 30.5 Å². The molecule has 4 heterocycles. The standard InChI is InChI=1S/C29H34ClN7O/c1-35-14-4-7-22(35)19-38-29-33-25-18-36(26-9-3-6-20-5-2-8-24(30)27(20)26)15-11-23(25)28(34-29)37-16-13-32-21(17-37)10-12-31/h2-3,5-6,8-9,21-22,32H,4,7,10-11,13-19H2,1H3/t21?,22-/m0/s1. The lowest BCUT2D eigenvalue weighted by Gasteiger charge is -2.37. The predicted molar refractivity (Wildman–Crippen MR) is 151 cm³/mol. The highest BCUT2D eigenvalue weighted by Crippen LogP contribution is 2.37. The van der Waals surface area contributed by atoms with Crippen molar-refractivity contribution < 1.29 is 4.74 Å². The van der Waals surface area contributed by atoms with Crippen LogP contribution in [0.2, 0.25) is 5.02 Å². The Morgan fingerprint density at radius 1 is 1.13 bits per heavy atom. The van der Waals surface area contributed by atoms with Gasteiger partial charge in [0.2, 0.25) is 0 Å². The van der Waals surface area contributed by atoms with Gasteiger partial charge < -0.3 is 24.8 Å². The highest BCUT2D eigenvalue weighted by atomic mass is 35.5. The third-order valence-corrected chi connectivity index (χ3v) is 8.48. The van der Waals surface area contributed by atoms with Crippen LogP contribution in [0.4, 0.5) is 11.5 Å². The van der Waals surface area contributed by atoms with Gasteiger partial charge >= 0.3 is 6.01 Å². The van der Waals surface area contributed by atoms with Gasteiger partial charge in [-0.15, -0.1) is 0 Å². The van der Waals surface area contributed by atoms with Crippen molar-refractivity contribution in [2.75, 3.05) is 56.2 Å². The molecule has 3 aromatic rings. The zero-order valence-electron chi connectivity index (χ0n) is 21.9. The van der Waals surface area contributed by atoms with Crippen LogP contribution in [0.3, 0.4) is 0 Å². The van der Waals surface area contributed by atoms with E-state index in [-0.39, 0.29) is 6.04 Å². The van der Waals surface area contributed by atoms with E-state index in [0.717, 1.165) is 78.6 Å². The van der Waals surface area contributed by atoms with Crippen LogP contribution in [-0.2, 0) is 13.0 Å². The second-order valence-electron chi connectivity index (χ2n) is 10.6. The maximum absolute atomic E-state index is 9.27. The molecule has 2 fully saturated rings. The lowest BCUT2D eigenvalue weighted by atomic mass is 10.0. The summed E-state index contributed by atoms with van der Waals surface area (Å²) in [6.45, 7) is 5.65. The fraction of sp³-hybridized carbons (Fsp3) is 0.483. The normalized spacial score (nSPS) is 21.9. The maximum atomic E-state index is 9.27. The number of hydrogen-bond donors (Lipinski definition) is 1. The van der Waals surface area contributed by atoms with E-state index in [1.165, 1.54) is 12.0 Å². The van der Waals surface area contributed by atoms with Gasteiger partial charge in [0.05, 0.1) is 29.8 Å². The molecule has 1 unspecified atom stereocenters. The SMILES string of the molecule is CN1CCC[C@H]1COc1nc2c(c(N3CCNC(CC#N)C3)n1)CCN(c1cccc3cccc(Cl)c13)C2. The number of aromatic nitrogens is 2. The zero-order valence-corrected chi connectivity index (χ0v) is 22.6. The minimum atomic E-state index is 0.133. The number of hydrogen-bond acceptors (Lipinski definition) is 8. The number of nitrogens with one attached hydrogen (secondary N) is 1. The number of likely N-dealkylation sites (tertiary alicyclic amines) is 1. The molecule has 9 heteroatoms. The lowest BCUT2D eigenvalue weighted by Crippen LogP contribution is -2.51. The Hall–Kier alpha value is -3.12. The first-order valence-corrected chi connectivity index (χ1v) is 14.0. The molecule has 2 atom stereocenters. The van der Waals surface area contributed by atoms with E-state index >= 15 is 0 Å². The second-order valence-corrected chi connectivity index (χ2v) is 11.0. The summed E-state index contributed by atoms with van der Waals surface area (Å²) in [5, 5.41) is 15.7. The Morgan fingerprint density at radius 3 is 2.82 bits per heavy atom. The first-order valence-electron chi connectivity index (χ1n) is 13.6. The molecule has 0 saturated carbocycles. The van der Waals surface area contributed by atoms with Gasteiger partial charge in [0.25, 0.3) is 0 Å². The molecule has 3 aliphatic rings. The highest BCUT2D eigenvalue weighted by Gasteiger charge is 2.30. The topological polar surface area (TPSA) is 80.5 Å². The van der Waals surface area contributed by atoms with Crippen LogP contribution in [0.5, 0.6) is 6.01 Å². The fourth-order valence-electron chi connectivity index (χ4n) is 6.09. The molecule has 0 bridgehead atoms. The van der Waals surface area contributed by atoms with Crippen LogP contribution in [0.25, 0.3) is 10.8 Å². The van der Waals surface area contributed by atoms with Crippen LogP contribution in [-0.4, -0.2) is 73.3 Å². The van der Waals surface area contributed by atoms with Crippen molar-refractivity contribution in [3.63, 3.8) is 0 Å². The Balaban J connectivity index is 1.34. The van der Waals surface area contributed by atoms with E-state index in [1.807, 2.05) is 12.1 Å². The van der Waals surface area contributed by atoms with E-state index in [4.69, 9.17) is 26.3 Å². The molecule has 0 amide bonds. The van der Waals surface area contributed by atoms with Crippen LogP contribution < -0.4 is 19.9 Å². The predicted octanol–water partition coefficient (Wildman–Crippen LogP) is 4.01. The van der Waals surface area contributed by atoms with Crippen molar-refractivity contribution in [3.8, 4) is 12.1 Å². The molecule has 1 aromatic heterocycles. The summed E-state index contributed by atoms with van der Waals surface area (Å²) in [4.78, 5) is 17.0. The van der Waals surface area contributed by atoms with Crippen LogP contribution in [0, 0.1) is 11.3 Å². The van der Waals surface area contributed by atoms with E-state index in [0.29, 0.717) is 31.6 Å². The summed E-state index contributed by atoms with van der Waals surface area (Å²) < 4.78 is 6.26. The van der Waals surface area contributed by atoms with E-state index < -0.39 is 0 Å². The largest absolute Gasteiger partial charge is 0.462 e. The average Bonchev–Trinajstić information content (AvgIpc) is 3.35. The number of anilines is 2. The van der Waals surface area contributed by atoms with Crippen molar-refractivity contribution >= 4 is 33.9 Å². The van der Waals surface area contributed by atoms with E-state index in [9.17, 15) is 5.26 Å². The fourth-order valence-corrected chi connectivity index (χ4v) is 6.36. The number of nitrogens with zero attached hydrogens (tertiary/aromatic N) is 6. The van der Waals surface area contributed by atoms with Crippen molar-refractivity contribution in [2.24, 2.45) is 0 Å². The molecule has 1 N–H and O–H groups in total. The average molecular weight is 532 g/mol. The Morgan fingerprint density at radius 2 is 2.00 bits per heavy atom. The number of fused-ring (bicyclic) bond motifs is 2. The number of ether oxygens (including phenoxy) is 1. The monoisotopic (exact) mass is 531 g/mol. The first-order chi connectivity index (χ1) is 18.6. The zero-order chi connectivity index (χ0) is 26.1. The van der Waals surface area contributed by atoms with Crippen molar-refractivity contribution in [3.05, 3.63) is 52.7 Å². The molecular formula is C29H34ClN7O. The van der Waals surface area contributed by atoms with Crippen molar-refractivity contribution in [1.29, 1.82) is 5.26 Å². The number of nitriles is 1. The van der Waals surface area contributed by atoms with Gasteiger partial charge in [0.1, 0.15) is 12.4 Å². The number of rotatable bonds is 6. The van der Waals surface area contributed by atoms with Gasteiger partial charge in [-0.2, -0.15) is 15.2 Å². The quantitative estimate of drug-likeness (QED) is 0.511. The van der Waals surface area contributed by atoms with Gasteiger partial charge in [-0.3, -0.25) is 0 Å². The first kappa shape index (κ1) is 25.2. The summed E-state index contributed by atoms with van der Waals surface area (Å²) in [6.07, 6.45) is 3.66. The Kier molecular flexibility index (Phi) is 7.24. The maximum Gasteiger partial charge on any atom is 0.318 e. The molecule has 0 radical (unpaired) electrons.